The fourth-order valence-electron chi connectivity index (χ4n) is 3.40. The van der Waals surface area contributed by atoms with E-state index in [1.807, 2.05) is 30.3 Å². The van der Waals surface area contributed by atoms with E-state index in [2.05, 4.69) is 4.98 Å². The number of rotatable bonds is 5. The van der Waals surface area contributed by atoms with E-state index >= 15 is 0 Å². The maximum Gasteiger partial charge on any atom is 0.254 e. The summed E-state index contributed by atoms with van der Waals surface area (Å²) in [5.41, 5.74) is 3.27. The van der Waals surface area contributed by atoms with E-state index in [0.29, 0.717) is 34.5 Å². The first-order valence-electron chi connectivity index (χ1n) is 8.91. The van der Waals surface area contributed by atoms with Gasteiger partial charge in [-0.25, -0.2) is 0 Å². The van der Waals surface area contributed by atoms with Gasteiger partial charge in [0.15, 0.2) is 0 Å². The zero-order valence-electron chi connectivity index (χ0n) is 16.4. The van der Waals surface area contributed by atoms with Crippen molar-refractivity contribution in [3.63, 3.8) is 0 Å². The summed E-state index contributed by atoms with van der Waals surface area (Å²) < 4.78 is 7.21. The second-order valence-electron chi connectivity index (χ2n) is 6.74. The molecule has 0 amide bonds. The van der Waals surface area contributed by atoms with Gasteiger partial charge in [-0.05, 0) is 50.4 Å². The molecule has 0 aliphatic carbocycles. The number of hydrogen-bond acceptors (Lipinski definition) is 5. The van der Waals surface area contributed by atoms with Gasteiger partial charge in [-0.3, -0.25) is 9.78 Å². The number of nitrogens with zero attached hydrogens (tertiary/aromatic N) is 2. The Morgan fingerprint density at radius 3 is 2.57 bits per heavy atom. The summed E-state index contributed by atoms with van der Waals surface area (Å²) in [7, 11) is 1.53. The molecule has 28 heavy (non-hydrogen) atoms. The van der Waals surface area contributed by atoms with Crippen LogP contribution >= 0.6 is 0 Å². The molecule has 0 saturated carbocycles. The lowest BCUT2D eigenvalue weighted by molar-refractivity contribution is 0.409. The predicted octanol–water partition coefficient (Wildman–Crippen LogP) is 4.09. The van der Waals surface area contributed by atoms with E-state index in [4.69, 9.17) is 10.1 Å². The Morgan fingerprint density at radius 1 is 1.25 bits per heavy atom. The van der Waals surface area contributed by atoms with Crippen LogP contribution in [-0.2, 0) is 6.54 Å². The molecular weight excluding hydrogens is 354 g/mol. The smallest absolute Gasteiger partial charge is 0.254 e. The van der Waals surface area contributed by atoms with Gasteiger partial charge in [-0.1, -0.05) is 6.07 Å². The largest absolute Gasteiger partial charge is 0.512 e. The van der Waals surface area contributed by atoms with Gasteiger partial charge in [0.2, 0.25) is 0 Å². The number of hydrogen-bond donors (Lipinski definition) is 2. The molecule has 0 aliphatic rings. The Labute approximate surface area is 163 Å². The number of aromatic nitrogens is 2. The number of methoxy groups -OCH3 is 1. The Kier molecular flexibility index (Phi) is 5.31. The van der Waals surface area contributed by atoms with E-state index < -0.39 is 0 Å². The monoisotopic (exact) mass is 377 g/mol. The van der Waals surface area contributed by atoms with Crippen LogP contribution in [0.25, 0.3) is 16.5 Å². The number of pyridine rings is 2. The lowest BCUT2D eigenvalue weighted by Gasteiger charge is -2.17. The molecule has 2 heterocycles. The number of benzene rings is 1. The van der Waals surface area contributed by atoms with Gasteiger partial charge in [-0.15, -0.1) is 0 Å². The second kappa shape index (κ2) is 7.68. The first-order chi connectivity index (χ1) is 13.3. The molecule has 3 aromatic rings. The summed E-state index contributed by atoms with van der Waals surface area (Å²) in [6.45, 7) is 5.28. The van der Waals surface area contributed by atoms with Crippen LogP contribution < -0.4 is 10.3 Å². The van der Waals surface area contributed by atoms with Crippen LogP contribution in [0.2, 0.25) is 0 Å². The molecule has 6 nitrogen and oxygen atoms in total. The maximum absolute atomic E-state index is 12.8. The highest BCUT2D eigenvalue weighted by Gasteiger charge is 2.17. The molecule has 3 rings (SSSR count). The van der Waals surface area contributed by atoms with Crippen molar-refractivity contribution in [2.75, 3.05) is 7.11 Å². The number of aliphatic hydroxyl groups is 1. The van der Waals surface area contributed by atoms with Gasteiger partial charge in [0, 0.05) is 34.7 Å². The van der Waals surface area contributed by atoms with Gasteiger partial charge < -0.3 is 19.8 Å². The molecule has 0 radical (unpaired) electrons. The molecule has 0 aliphatic heterocycles. The van der Waals surface area contributed by atoms with Crippen LogP contribution in [0, 0.1) is 12.3 Å². The third-order valence-corrected chi connectivity index (χ3v) is 4.65. The minimum absolute atomic E-state index is 0.0451. The highest BCUT2D eigenvalue weighted by molar-refractivity contribution is 6.22. The van der Waals surface area contributed by atoms with E-state index in [9.17, 15) is 9.90 Å². The van der Waals surface area contributed by atoms with Crippen molar-refractivity contribution in [3.05, 3.63) is 75.5 Å². The second-order valence-corrected chi connectivity index (χ2v) is 6.74. The Hall–Kier alpha value is -3.41. The van der Waals surface area contributed by atoms with E-state index in [1.54, 1.807) is 37.6 Å². The van der Waals surface area contributed by atoms with Gasteiger partial charge in [0.1, 0.15) is 5.75 Å². The quantitative estimate of drug-likeness (QED) is 0.518. The number of allylic oxidation sites excluding steroid dienone is 2. The summed E-state index contributed by atoms with van der Waals surface area (Å²) in [6.07, 6.45) is 1.70. The van der Waals surface area contributed by atoms with Crippen molar-refractivity contribution in [2.45, 2.75) is 27.3 Å². The Bertz CT molecular complexity index is 1140. The lowest BCUT2D eigenvalue weighted by atomic mass is 9.97. The van der Waals surface area contributed by atoms with Gasteiger partial charge in [0.25, 0.3) is 5.56 Å². The molecule has 0 saturated heterocycles. The third-order valence-electron chi connectivity index (χ3n) is 4.65. The summed E-state index contributed by atoms with van der Waals surface area (Å²) >= 11 is 0. The van der Waals surface area contributed by atoms with Crippen LogP contribution in [-0.4, -0.2) is 27.5 Å². The number of aryl methyl sites for hydroxylation is 1. The first kappa shape index (κ1) is 19.4. The summed E-state index contributed by atoms with van der Waals surface area (Å²) in [6, 6.07) is 11.0. The number of fused-ring (bicyclic) bond motifs is 1. The minimum Gasteiger partial charge on any atom is -0.512 e. The van der Waals surface area contributed by atoms with Crippen molar-refractivity contribution in [2.24, 2.45) is 0 Å². The number of nitrogens with one attached hydrogen (secondary N) is 1. The van der Waals surface area contributed by atoms with E-state index in [1.165, 1.54) is 7.11 Å². The third kappa shape index (κ3) is 3.53. The SMILES string of the molecule is COc1cc2c(cc1/C(C(C)=N)=C(\C)O)cc(C)c(=O)n2Cc1ccccn1. The van der Waals surface area contributed by atoms with Crippen LogP contribution in [0.15, 0.2) is 53.1 Å². The van der Waals surface area contributed by atoms with Crippen LogP contribution in [0.1, 0.15) is 30.7 Å². The molecule has 6 heteroatoms. The van der Waals surface area contributed by atoms with Crippen molar-refractivity contribution in [1.82, 2.24) is 9.55 Å². The fourth-order valence-corrected chi connectivity index (χ4v) is 3.40. The molecule has 0 fully saturated rings. The topological polar surface area (TPSA) is 88.2 Å². The van der Waals surface area contributed by atoms with Crippen LogP contribution in [0.3, 0.4) is 0 Å². The van der Waals surface area contributed by atoms with Crippen molar-refractivity contribution >= 4 is 22.2 Å². The average molecular weight is 377 g/mol. The normalized spacial score (nSPS) is 12.0. The highest BCUT2D eigenvalue weighted by Crippen LogP contribution is 2.33. The molecule has 0 unspecified atom stereocenters. The summed E-state index contributed by atoms with van der Waals surface area (Å²) in [4.78, 5) is 17.2. The fraction of sp³-hybridized carbons (Fsp3) is 0.227. The van der Waals surface area contributed by atoms with Crippen molar-refractivity contribution < 1.29 is 9.84 Å². The highest BCUT2D eigenvalue weighted by atomic mass is 16.5. The average Bonchev–Trinajstić information content (AvgIpc) is 2.65. The van der Waals surface area contributed by atoms with Crippen LogP contribution in [0.4, 0.5) is 0 Å². The van der Waals surface area contributed by atoms with Crippen molar-refractivity contribution in [1.29, 1.82) is 5.41 Å². The zero-order chi connectivity index (χ0) is 20.4. The van der Waals surface area contributed by atoms with Crippen LogP contribution in [0.5, 0.6) is 5.75 Å². The van der Waals surface area contributed by atoms with Crippen molar-refractivity contribution in [3.8, 4) is 5.75 Å². The minimum atomic E-state index is -0.0923. The lowest BCUT2D eigenvalue weighted by Crippen LogP contribution is -2.23. The predicted molar refractivity (Wildman–Crippen MR) is 111 cm³/mol. The maximum atomic E-state index is 12.8. The molecule has 2 N–H and O–H groups in total. The van der Waals surface area contributed by atoms with Gasteiger partial charge in [-0.2, -0.15) is 0 Å². The van der Waals surface area contributed by atoms with Gasteiger partial charge >= 0.3 is 0 Å². The number of aliphatic hydroxyl groups excluding tert-OH is 1. The molecular formula is C22H23N3O3. The molecule has 0 atom stereocenters. The first-order valence-corrected chi connectivity index (χ1v) is 8.91. The molecule has 2 aromatic heterocycles. The molecule has 0 bridgehead atoms. The van der Waals surface area contributed by atoms with E-state index in [-0.39, 0.29) is 17.0 Å². The summed E-state index contributed by atoms with van der Waals surface area (Å²) in [5, 5.41) is 18.9. The molecule has 1 aromatic carbocycles. The number of ether oxygens (including phenoxy) is 1. The van der Waals surface area contributed by atoms with E-state index in [0.717, 1.165) is 11.1 Å². The summed E-state index contributed by atoms with van der Waals surface area (Å²) in [5.74, 6) is 0.532. The standard InChI is InChI=1S/C22H23N3O3/c1-13-9-16-10-18(21(14(2)23)15(3)26)20(28-4)11-19(16)25(22(13)27)12-17-7-5-6-8-24-17/h5-11,23,26H,12H2,1-4H3/b21-15+,23-14?. The Balaban J connectivity index is 2.32. The molecule has 0 spiro atoms. The zero-order valence-corrected chi connectivity index (χ0v) is 16.4. The Morgan fingerprint density at radius 2 is 2.00 bits per heavy atom. The van der Waals surface area contributed by atoms with Gasteiger partial charge in [0.05, 0.1) is 30.6 Å². The molecule has 144 valence electrons.